The number of amides is 2. The normalized spacial score (nSPS) is 18.5. The maximum atomic E-state index is 12.2. The molecule has 114 valence electrons. The second-order valence-electron chi connectivity index (χ2n) is 5.07. The summed E-state index contributed by atoms with van der Waals surface area (Å²) in [6.45, 7) is 2.30. The van der Waals surface area contributed by atoms with E-state index in [0.29, 0.717) is 25.2 Å². The molecule has 1 atom stereocenters. The van der Waals surface area contributed by atoms with Gasteiger partial charge in [0.15, 0.2) is 5.69 Å². The zero-order valence-corrected chi connectivity index (χ0v) is 11.7. The van der Waals surface area contributed by atoms with E-state index in [1.807, 2.05) is 0 Å². The molecule has 1 unspecified atom stereocenters. The van der Waals surface area contributed by atoms with Crippen LogP contribution in [0.25, 0.3) is 0 Å². The van der Waals surface area contributed by atoms with Gasteiger partial charge in [-0.3, -0.25) is 9.59 Å². The number of carboxylic acid groups (broad SMARTS) is 1. The fourth-order valence-corrected chi connectivity index (χ4v) is 2.37. The zero-order chi connectivity index (χ0) is 15.6. The lowest BCUT2D eigenvalue weighted by molar-refractivity contribution is -0.135. The van der Waals surface area contributed by atoms with Crippen molar-refractivity contribution in [2.24, 2.45) is 11.7 Å². The molecular formula is C12H17N5O4. The van der Waals surface area contributed by atoms with Gasteiger partial charge in [-0.05, 0) is 19.8 Å². The van der Waals surface area contributed by atoms with E-state index in [-0.39, 0.29) is 24.1 Å². The summed E-state index contributed by atoms with van der Waals surface area (Å²) >= 11 is 0. The van der Waals surface area contributed by atoms with Crippen LogP contribution in [0.15, 0.2) is 0 Å². The third-order valence-electron chi connectivity index (χ3n) is 3.65. The molecule has 9 heteroatoms. The molecule has 21 heavy (non-hydrogen) atoms. The highest BCUT2D eigenvalue weighted by molar-refractivity contribution is 5.86. The van der Waals surface area contributed by atoms with E-state index in [9.17, 15) is 14.4 Å². The van der Waals surface area contributed by atoms with Gasteiger partial charge in [0.1, 0.15) is 6.54 Å². The van der Waals surface area contributed by atoms with Crippen LogP contribution in [-0.2, 0) is 16.1 Å². The molecule has 3 N–H and O–H groups in total. The number of carbonyl (C=O) groups is 3. The smallest absolute Gasteiger partial charge is 0.358 e. The molecule has 1 aliphatic heterocycles. The van der Waals surface area contributed by atoms with Crippen LogP contribution >= 0.6 is 0 Å². The molecule has 2 amide bonds. The Balaban J connectivity index is 2.04. The van der Waals surface area contributed by atoms with Gasteiger partial charge in [0.25, 0.3) is 0 Å². The van der Waals surface area contributed by atoms with E-state index in [0.717, 1.165) is 6.42 Å². The van der Waals surface area contributed by atoms with Crippen molar-refractivity contribution in [1.29, 1.82) is 0 Å². The Kier molecular flexibility index (Phi) is 4.20. The second-order valence-corrected chi connectivity index (χ2v) is 5.07. The molecule has 0 radical (unpaired) electrons. The Morgan fingerprint density at radius 1 is 1.43 bits per heavy atom. The number of piperidine rings is 1. The first kappa shape index (κ1) is 14.9. The molecule has 1 aliphatic rings. The first-order valence-corrected chi connectivity index (χ1v) is 6.60. The molecule has 0 spiro atoms. The minimum atomic E-state index is -1.18. The standard InChI is InChI=1S/C12H17N5O4/c1-7-10(12(20)21)14-15-17(7)6-9(18)16-4-2-3-8(5-16)11(13)19/h8H,2-6H2,1H3,(H2,13,19)(H,20,21). The first-order valence-electron chi connectivity index (χ1n) is 6.60. The van der Waals surface area contributed by atoms with Crippen LogP contribution in [0.2, 0.25) is 0 Å². The van der Waals surface area contributed by atoms with Crippen molar-refractivity contribution in [1.82, 2.24) is 19.9 Å². The van der Waals surface area contributed by atoms with E-state index in [1.165, 1.54) is 4.68 Å². The first-order chi connectivity index (χ1) is 9.90. The molecular weight excluding hydrogens is 278 g/mol. The van der Waals surface area contributed by atoms with Gasteiger partial charge in [-0.1, -0.05) is 5.21 Å². The number of likely N-dealkylation sites (tertiary alicyclic amines) is 1. The highest BCUT2D eigenvalue weighted by atomic mass is 16.4. The van der Waals surface area contributed by atoms with Crippen LogP contribution in [0.3, 0.4) is 0 Å². The number of nitrogens with zero attached hydrogens (tertiary/aromatic N) is 4. The molecule has 0 aliphatic carbocycles. The van der Waals surface area contributed by atoms with Gasteiger partial charge in [-0.15, -0.1) is 5.10 Å². The molecule has 1 fully saturated rings. The molecule has 1 aromatic heterocycles. The predicted molar refractivity (Wildman–Crippen MR) is 70.2 cm³/mol. The molecule has 0 bridgehead atoms. The van der Waals surface area contributed by atoms with Crippen molar-refractivity contribution in [3.63, 3.8) is 0 Å². The van der Waals surface area contributed by atoms with Crippen molar-refractivity contribution < 1.29 is 19.5 Å². The second kappa shape index (κ2) is 5.90. The van der Waals surface area contributed by atoms with Crippen LogP contribution in [0.4, 0.5) is 0 Å². The van der Waals surface area contributed by atoms with Crippen molar-refractivity contribution in [2.45, 2.75) is 26.3 Å². The highest BCUT2D eigenvalue weighted by Crippen LogP contribution is 2.16. The summed E-state index contributed by atoms with van der Waals surface area (Å²) in [5.41, 5.74) is 5.42. The predicted octanol–water partition coefficient (Wildman–Crippen LogP) is -0.991. The fourth-order valence-electron chi connectivity index (χ4n) is 2.37. The van der Waals surface area contributed by atoms with Gasteiger partial charge < -0.3 is 15.7 Å². The Bertz CT molecular complexity index is 582. The molecule has 2 heterocycles. The summed E-state index contributed by atoms with van der Waals surface area (Å²) in [7, 11) is 0. The lowest BCUT2D eigenvalue weighted by atomic mass is 9.97. The number of hydrogen-bond donors (Lipinski definition) is 2. The lowest BCUT2D eigenvalue weighted by Crippen LogP contribution is -2.45. The molecule has 0 aromatic carbocycles. The average Bonchev–Trinajstić information content (AvgIpc) is 2.80. The summed E-state index contributed by atoms with van der Waals surface area (Å²) in [6.07, 6.45) is 1.40. The number of aromatic carboxylic acids is 1. The number of rotatable bonds is 4. The maximum absolute atomic E-state index is 12.2. The van der Waals surface area contributed by atoms with E-state index in [2.05, 4.69) is 10.3 Å². The van der Waals surface area contributed by atoms with Gasteiger partial charge in [0.2, 0.25) is 11.8 Å². The van der Waals surface area contributed by atoms with Crippen molar-refractivity contribution >= 4 is 17.8 Å². The largest absolute Gasteiger partial charge is 0.476 e. The van der Waals surface area contributed by atoms with Crippen LogP contribution in [-0.4, -0.2) is 55.9 Å². The van der Waals surface area contributed by atoms with Crippen molar-refractivity contribution in [2.75, 3.05) is 13.1 Å². The van der Waals surface area contributed by atoms with Crippen LogP contribution in [0.1, 0.15) is 29.0 Å². The molecule has 1 saturated heterocycles. The van der Waals surface area contributed by atoms with Crippen LogP contribution in [0, 0.1) is 12.8 Å². The number of nitrogens with two attached hydrogens (primary N) is 1. The van der Waals surface area contributed by atoms with E-state index in [1.54, 1.807) is 11.8 Å². The van der Waals surface area contributed by atoms with Gasteiger partial charge in [-0.25, -0.2) is 9.48 Å². The minimum absolute atomic E-state index is 0.0996. The number of primary amides is 1. The number of aromatic nitrogens is 3. The Hall–Kier alpha value is -2.45. The minimum Gasteiger partial charge on any atom is -0.476 e. The maximum Gasteiger partial charge on any atom is 0.358 e. The summed E-state index contributed by atoms with van der Waals surface area (Å²) in [4.78, 5) is 35.8. The third kappa shape index (κ3) is 3.18. The Labute approximate surface area is 120 Å². The monoisotopic (exact) mass is 295 g/mol. The van der Waals surface area contributed by atoms with Gasteiger partial charge in [0, 0.05) is 13.1 Å². The van der Waals surface area contributed by atoms with E-state index >= 15 is 0 Å². The Morgan fingerprint density at radius 3 is 2.71 bits per heavy atom. The summed E-state index contributed by atoms with van der Waals surface area (Å²) in [6, 6.07) is 0. The lowest BCUT2D eigenvalue weighted by Gasteiger charge is -2.31. The van der Waals surface area contributed by atoms with Crippen LogP contribution < -0.4 is 5.73 Å². The molecule has 0 saturated carbocycles. The van der Waals surface area contributed by atoms with E-state index < -0.39 is 11.9 Å². The quantitative estimate of drug-likeness (QED) is 0.733. The van der Waals surface area contributed by atoms with Crippen molar-refractivity contribution in [3.8, 4) is 0 Å². The van der Waals surface area contributed by atoms with Gasteiger partial charge in [0.05, 0.1) is 11.6 Å². The molecule has 1 aromatic rings. The summed E-state index contributed by atoms with van der Waals surface area (Å²) in [5, 5.41) is 16.1. The van der Waals surface area contributed by atoms with E-state index in [4.69, 9.17) is 10.8 Å². The van der Waals surface area contributed by atoms with Crippen molar-refractivity contribution in [3.05, 3.63) is 11.4 Å². The highest BCUT2D eigenvalue weighted by Gasteiger charge is 2.27. The summed E-state index contributed by atoms with van der Waals surface area (Å²) < 4.78 is 1.25. The average molecular weight is 295 g/mol. The zero-order valence-electron chi connectivity index (χ0n) is 11.7. The third-order valence-corrected chi connectivity index (χ3v) is 3.65. The fraction of sp³-hybridized carbons (Fsp3) is 0.583. The number of carboxylic acids is 1. The topological polar surface area (TPSA) is 131 Å². The molecule has 2 rings (SSSR count). The van der Waals surface area contributed by atoms with Crippen LogP contribution in [0.5, 0.6) is 0 Å². The Morgan fingerprint density at radius 2 is 2.14 bits per heavy atom. The number of carbonyl (C=O) groups excluding carboxylic acids is 2. The van der Waals surface area contributed by atoms with Gasteiger partial charge in [-0.2, -0.15) is 0 Å². The van der Waals surface area contributed by atoms with Gasteiger partial charge >= 0.3 is 5.97 Å². The number of hydrogen-bond acceptors (Lipinski definition) is 5. The molecule has 9 nitrogen and oxygen atoms in total. The SMILES string of the molecule is Cc1c(C(=O)O)nnn1CC(=O)N1CCCC(C(N)=O)C1. The summed E-state index contributed by atoms with van der Waals surface area (Å²) in [5.74, 6) is -2.14.